The van der Waals surface area contributed by atoms with Crippen LogP contribution in [0.4, 0.5) is 5.95 Å². The van der Waals surface area contributed by atoms with Crippen LogP contribution in [0, 0.1) is 6.92 Å². The van der Waals surface area contributed by atoms with Crippen molar-refractivity contribution in [3.05, 3.63) is 30.6 Å². The van der Waals surface area contributed by atoms with Crippen molar-refractivity contribution < 1.29 is 4.74 Å². The van der Waals surface area contributed by atoms with Crippen molar-refractivity contribution in [2.24, 2.45) is 0 Å². The van der Waals surface area contributed by atoms with Gasteiger partial charge < -0.3 is 19.2 Å². The van der Waals surface area contributed by atoms with Gasteiger partial charge in [-0.05, 0) is 20.3 Å². The van der Waals surface area contributed by atoms with E-state index in [2.05, 4.69) is 30.6 Å². The quantitative estimate of drug-likeness (QED) is 0.712. The zero-order valence-corrected chi connectivity index (χ0v) is 12.2. The molecule has 0 aromatic carbocycles. The van der Waals surface area contributed by atoms with E-state index in [1.54, 1.807) is 6.20 Å². The van der Waals surface area contributed by atoms with Crippen molar-refractivity contribution in [3.63, 3.8) is 0 Å². The molecule has 0 bridgehead atoms. The number of imidazole rings is 2. The van der Waals surface area contributed by atoms with Gasteiger partial charge in [-0.25, -0.2) is 9.97 Å². The van der Waals surface area contributed by atoms with Crippen molar-refractivity contribution in [2.45, 2.75) is 33.4 Å². The summed E-state index contributed by atoms with van der Waals surface area (Å²) in [5.41, 5.74) is 1.03. The molecule has 0 spiro atoms. The second-order valence-electron chi connectivity index (χ2n) is 4.68. The van der Waals surface area contributed by atoms with Crippen LogP contribution in [0.3, 0.4) is 0 Å². The summed E-state index contributed by atoms with van der Waals surface area (Å²) in [6, 6.07) is 0. The number of hydrogen-bond acceptors (Lipinski definition) is 4. The zero-order chi connectivity index (χ0) is 14.2. The molecule has 0 atom stereocenters. The molecule has 2 aromatic heterocycles. The average molecular weight is 277 g/mol. The van der Waals surface area contributed by atoms with Gasteiger partial charge in [-0.2, -0.15) is 0 Å². The third-order valence-electron chi connectivity index (χ3n) is 3.01. The Balaban J connectivity index is 1.82. The molecule has 110 valence electrons. The smallest absolute Gasteiger partial charge is 0.203 e. The van der Waals surface area contributed by atoms with Crippen molar-refractivity contribution >= 4 is 5.95 Å². The SMILES string of the molecule is CCOCCCNc1nc(C)cn1CCn1ccnc1. The van der Waals surface area contributed by atoms with Crippen LogP contribution in [0.2, 0.25) is 0 Å². The highest BCUT2D eigenvalue weighted by Crippen LogP contribution is 2.09. The Kier molecular flexibility index (Phi) is 5.61. The first-order valence-corrected chi connectivity index (χ1v) is 7.10. The number of ether oxygens (including phenoxy) is 1. The van der Waals surface area contributed by atoms with Gasteiger partial charge in [0.1, 0.15) is 0 Å². The third kappa shape index (κ3) is 4.38. The van der Waals surface area contributed by atoms with Crippen LogP contribution < -0.4 is 5.32 Å². The maximum Gasteiger partial charge on any atom is 0.203 e. The molecule has 2 aromatic rings. The topological polar surface area (TPSA) is 56.9 Å². The molecule has 2 rings (SSSR count). The van der Waals surface area contributed by atoms with Gasteiger partial charge in [-0.15, -0.1) is 0 Å². The lowest BCUT2D eigenvalue weighted by Crippen LogP contribution is -2.12. The minimum atomic E-state index is 0.776. The Morgan fingerprint density at radius 2 is 2.25 bits per heavy atom. The van der Waals surface area contributed by atoms with E-state index >= 15 is 0 Å². The first-order chi connectivity index (χ1) is 9.79. The number of hydrogen-bond donors (Lipinski definition) is 1. The second kappa shape index (κ2) is 7.69. The molecule has 0 aliphatic heterocycles. The lowest BCUT2D eigenvalue weighted by Gasteiger charge is -2.10. The predicted octanol–water partition coefficient (Wildman–Crippen LogP) is 1.93. The lowest BCUT2D eigenvalue weighted by molar-refractivity contribution is 0.147. The maximum absolute atomic E-state index is 5.33. The fraction of sp³-hybridized carbons (Fsp3) is 0.571. The van der Waals surface area contributed by atoms with E-state index in [0.717, 1.165) is 50.9 Å². The Hall–Kier alpha value is -1.82. The Labute approximate surface area is 119 Å². The Morgan fingerprint density at radius 1 is 1.35 bits per heavy atom. The van der Waals surface area contributed by atoms with E-state index in [1.165, 1.54) is 0 Å². The van der Waals surface area contributed by atoms with Crippen LogP contribution in [0.15, 0.2) is 24.9 Å². The highest BCUT2D eigenvalue weighted by molar-refractivity contribution is 5.28. The fourth-order valence-electron chi connectivity index (χ4n) is 2.02. The van der Waals surface area contributed by atoms with Gasteiger partial charge in [0.2, 0.25) is 5.95 Å². The number of nitrogens with one attached hydrogen (secondary N) is 1. The van der Waals surface area contributed by atoms with Crippen LogP contribution in [0.25, 0.3) is 0 Å². The summed E-state index contributed by atoms with van der Waals surface area (Å²) in [6.07, 6.45) is 8.66. The molecule has 0 fully saturated rings. The fourth-order valence-corrected chi connectivity index (χ4v) is 2.02. The van der Waals surface area contributed by atoms with E-state index in [4.69, 9.17) is 4.74 Å². The molecule has 0 amide bonds. The van der Waals surface area contributed by atoms with Gasteiger partial charge in [0.05, 0.1) is 12.0 Å². The van der Waals surface area contributed by atoms with E-state index in [9.17, 15) is 0 Å². The summed E-state index contributed by atoms with van der Waals surface area (Å²) in [5, 5.41) is 3.37. The van der Waals surface area contributed by atoms with Crippen LogP contribution in [-0.4, -0.2) is 38.9 Å². The minimum Gasteiger partial charge on any atom is -0.382 e. The van der Waals surface area contributed by atoms with Crippen molar-refractivity contribution in [3.8, 4) is 0 Å². The Bertz CT molecular complexity index is 492. The Morgan fingerprint density at radius 3 is 3.00 bits per heavy atom. The molecule has 6 nitrogen and oxygen atoms in total. The summed E-state index contributed by atoms with van der Waals surface area (Å²) >= 11 is 0. The van der Waals surface area contributed by atoms with Gasteiger partial charge in [-0.1, -0.05) is 0 Å². The molecular weight excluding hydrogens is 254 g/mol. The predicted molar refractivity (Wildman–Crippen MR) is 78.8 cm³/mol. The van der Waals surface area contributed by atoms with Gasteiger partial charge in [0.25, 0.3) is 0 Å². The molecule has 0 saturated heterocycles. The monoisotopic (exact) mass is 277 g/mol. The molecule has 2 heterocycles. The number of aryl methyl sites for hydroxylation is 3. The largest absolute Gasteiger partial charge is 0.382 e. The molecule has 1 N–H and O–H groups in total. The molecular formula is C14H23N5O. The van der Waals surface area contributed by atoms with Crippen LogP contribution in [0.1, 0.15) is 19.0 Å². The van der Waals surface area contributed by atoms with E-state index in [0.29, 0.717) is 0 Å². The van der Waals surface area contributed by atoms with Crippen LogP contribution in [0.5, 0.6) is 0 Å². The van der Waals surface area contributed by atoms with E-state index in [1.807, 2.05) is 26.4 Å². The van der Waals surface area contributed by atoms with Gasteiger partial charge in [-0.3, -0.25) is 0 Å². The standard InChI is InChI=1S/C14H23N5O/c1-3-20-10-4-5-16-14-17-13(2)11-19(14)9-8-18-7-6-15-12-18/h6-7,11-12H,3-5,8-10H2,1-2H3,(H,16,17). The van der Waals surface area contributed by atoms with E-state index < -0.39 is 0 Å². The number of anilines is 1. The summed E-state index contributed by atoms with van der Waals surface area (Å²) < 4.78 is 9.54. The lowest BCUT2D eigenvalue weighted by atomic mass is 10.4. The number of rotatable bonds is 9. The van der Waals surface area contributed by atoms with Crippen molar-refractivity contribution in [1.29, 1.82) is 0 Å². The van der Waals surface area contributed by atoms with E-state index in [-0.39, 0.29) is 0 Å². The number of nitrogens with zero attached hydrogens (tertiary/aromatic N) is 4. The van der Waals surface area contributed by atoms with Gasteiger partial charge >= 0.3 is 0 Å². The normalized spacial score (nSPS) is 10.9. The maximum atomic E-state index is 5.33. The summed E-state index contributed by atoms with van der Waals surface area (Å²) in [6.45, 7) is 8.24. The average Bonchev–Trinajstić information content (AvgIpc) is 3.06. The number of aromatic nitrogens is 4. The summed E-state index contributed by atoms with van der Waals surface area (Å²) in [4.78, 5) is 8.56. The molecule has 6 heteroatoms. The molecule has 20 heavy (non-hydrogen) atoms. The van der Waals surface area contributed by atoms with Gasteiger partial charge in [0.15, 0.2) is 0 Å². The minimum absolute atomic E-state index is 0.776. The van der Waals surface area contributed by atoms with Crippen LogP contribution >= 0.6 is 0 Å². The first kappa shape index (κ1) is 14.6. The molecule has 0 aliphatic rings. The highest BCUT2D eigenvalue weighted by atomic mass is 16.5. The molecule has 0 radical (unpaired) electrons. The summed E-state index contributed by atoms with van der Waals surface area (Å²) in [7, 11) is 0. The van der Waals surface area contributed by atoms with Gasteiger partial charge in [0, 0.05) is 51.4 Å². The summed E-state index contributed by atoms with van der Waals surface area (Å²) in [5.74, 6) is 0.930. The van der Waals surface area contributed by atoms with Crippen LogP contribution in [-0.2, 0) is 17.8 Å². The third-order valence-corrected chi connectivity index (χ3v) is 3.01. The highest BCUT2D eigenvalue weighted by Gasteiger charge is 2.04. The molecule has 0 saturated carbocycles. The second-order valence-corrected chi connectivity index (χ2v) is 4.68. The van der Waals surface area contributed by atoms with Crippen molar-refractivity contribution in [2.75, 3.05) is 25.1 Å². The molecule has 0 unspecified atom stereocenters. The zero-order valence-electron chi connectivity index (χ0n) is 12.2. The first-order valence-electron chi connectivity index (χ1n) is 7.10. The molecule has 0 aliphatic carbocycles. The van der Waals surface area contributed by atoms with Crippen molar-refractivity contribution in [1.82, 2.24) is 19.1 Å².